The SMILES string of the molecule is O=S(=O)(CC#C/C=C\C#Cc1ccccc1)c1ccccc1. The van der Waals surface area contributed by atoms with Gasteiger partial charge in [0.2, 0.25) is 0 Å². The number of hydrogen-bond donors (Lipinski definition) is 0. The molecule has 0 amide bonds. The summed E-state index contributed by atoms with van der Waals surface area (Å²) in [6, 6.07) is 17.9. The van der Waals surface area contributed by atoms with Crippen LogP contribution in [-0.4, -0.2) is 14.2 Å². The molecule has 0 radical (unpaired) electrons. The minimum atomic E-state index is -3.34. The first-order chi connectivity index (χ1) is 10.7. The van der Waals surface area contributed by atoms with Crippen LogP contribution in [0.2, 0.25) is 0 Å². The lowest BCUT2D eigenvalue weighted by Crippen LogP contribution is -2.04. The van der Waals surface area contributed by atoms with Crippen LogP contribution in [0.25, 0.3) is 0 Å². The first-order valence-corrected chi connectivity index (χ1v) is 8.31. The molecule has 0 saturated carbocycles. The van der Waals surface area contributed by atoms with E-state index < -0.39 is 9.84 Å². The summed E-state index contributed by atoms with van der Waals surface area (Å²) in [7, 11) is -3.34. The average Bonchev–Trinajstić information content (AvgIpc) is 2.56. The maximum absolute atomic E-state index is 12.0. The molecule has 0 saturated heterocycles. The average molecular weight is 306 g/mol. The minimum Gasteiger partial charge on any atom is -0.223 e. The lowest BCUT2D eigenvalue weighted by Gasteiger charge is -1.98. The summed E-state index contributed by atoms with van der Waals surface area (Å²) >= 11 is 0. The Bertz CT molecular complexity index is 857. The van der Waals surface area contributed by atoms with Crippen LogP contribution in [0.15, 0.2) is 77.7 Å². The summed E-state index contributed by atoms with van der Waals surface area (Å²) < 4.78 is 23.9. The van der Waals surface area contributed by atoms with Gasteiger partial charge < -0.3 is 0 Å². The van der Waals surface area contributed by atoms with Gasteiger partial charge in [0.1, 0.15) is 5.75 Å². The predicted molar refractivity (Wildman–Crippen MR) is 88.7 cm³/mol. The molecule has 0 aliphatic rings. The Kier molecular flexibility index (Phi) is 5.60. The third-order valence-corrected chi connectivity index (χ3v) is 4.22. The van der Waals surface area contributed by atoms with Gasteiger partial charge in [0.15, 0.2) is 9.84 Å². The summed E-state index contributed by atoms with van der Waals surface area (Å²) in [5.41, 5.74) is 0.923. The van der Waals surface area contributed by atoms with Crippen LogP contribution in [0.3, 0.4) is 0 Å². The number of allylic oxidation sites excluding steroid dienone is 2. The van der Waals surface area contributed by atoms with Gasteiger partial charge >= 0.3 is 0 Å². The van der Waals surface area contributed by atoms with Crippen molar-refractivity contribution in [1.29, 1.82) is 0 Å². The summed E-state index contributed by atoms with van der Waals surface area (Å²) in [6.45, 7) is 0. The molecule has 0 N–H and O–H groups in total. The molecule has 2 aromatic rings. The molecule has 0 unspecified atom stereocenters. The van der Waals surface area contributed by atoms with E-state index in [-0.39, 0.29) is 10.6 Å². The van der Waals surface area contributed by atoms with E-state index in [1.165, 1.54) is 0 Å². The fourth-order valence-corrected chi connectivity index (χ4v) is 2.65. The van der Waals surface area contributed by atoms with Gasteiger partial charge in [-0.2, -0.15) is 0 Å². The van der Waals surface area contributed by atoms with Crippen molar-refractivity contribution in [3.63, 3.8) is 0 Å². The molecule has 0 aliphatic carbocycles. The Balaban J connectivity index is 1.93. The molecule has 3 heteroatoms. The highest BCUT2D eigenvalue weighted by Crippen LogP contribution is 2.08. The van der Waals surface area contributed by atoms with Gasteiger partial charge in [-0.3, -0.25) is 0 Å². The van der Waals surface area contributed by atoms with Crippen molar-refractivity contribution in [3.8, 4) is 23.7 Å². The second-order valence-corrected chi connectivity index (χ2v) is 6.35. The number of hydrogen-bond acceptors (Lipinski definition) is 2. The molecule has 0 heterocycles. The van der Waals surface area contributed by atoms with Gasteiger partial charge in [0, 0.05) is 5.56 Å². The van der Waals surface area contributed by atoms with Gasteiger partial charge in [-0.05, 0) is 36.4 Å². The van der Waals surface area contributed by atoms with Crippen molar-refractivity contribution in [2.45, 2.75) is 4.90 Å². The topological polar surface area (TPSA) is 34.1 Å². The minimum absolute atomic E-state index is 0.201. The molecule has 22 heavy (non-hydrogen) atoms. The van der Waals surface area contributed by atoms with E-state index in [9.17, 15) is 8.42 Å². The Labute approximate surface area is 131 Å². The Morgan fingerprint density at radius 3 is 2.09 bits per heavy atom. The van der Waals surface area contributed by atoms with Crippen LogP contribution in [0, 0.1) is 23.7 Å². The maximum Gasteiger partial charge on any atom is 0.189 e. The molecule has 2 aromatic carbocycles. The zero-order valence-corrected chi connectivity index (χ0v) is 12.7. The van der Waals surface area contributed by atoms with Crippen molar-refractivity contribution < 1.29 is 8.42 Å². The molecule has 0 fully saturated rings. The number of sulfone groups is 1. The molecule has 108 valence electrons. The summed E-state index contributed by atoms with van der Waals surface area (Å²) in [4.78, 5) is 0.289. The van der Waals surface area contributed by atoms with E-state index in [1.807, 2.05) is 30.3 Å². The maximum atomic E-state index is 12.0. The fourth-order valence-electron chi connectivity index (χ4n) is 1.64. The van der Waals surface area contributed by atoms with E-state index in [2.05, 4.69) is 23.7 Å². The highest BCUT2D eigenvalue weighted by atomic mass is 32.2. The van der Waals surface area contributed by atoms with E-state index in [0.29, 0.717) is 0 Å². The van der Waals surface area contributed by atoms with E-state index in [0.717, 1.165) is 5.56 Å². The molecular formula is C19H14O2S. The predicted octanol–water partition coefficient (Wildman–Crippen LogP) is 3.07. The highest BCUT2D eigenvalue weighted by Gasteiger charge is 2.10. The summed E-state index contributed by atoms with van der Waals surface area (Å²) in [5.74, 6) is 10.9. The number of rotatable bonds is 2. The first-order valence-electron chi connectivity index (χ1n) is 6.66. The Morgan fingerprint density at radius 2 is 1.41 bits per heavy atom. The van der Waals surface area contributed by atoms with Crippen molar-refractivity contribution in [3.05, 3.63) is 78.4 Å². The molecule has 0 bridgehead atoms. The third kappa shape index (κ3) is 4.98. The van der Waals surface area contributed by atoms with Crippen molar-refractivity contribution >= 4 is 9.84 Å². The van der Waals surface area contributed by atoms with Crippen LogP contribution < -0.4 is 0 Å². The molecular weight excluding hydrogens is 292 g/mol. The monoisotopic (exact) mass is 306 g/mol. The van der Waals surface area contributed by atoms with Crippen LogP contribution in [0.1, 0.15) is 5.56 Å². The summed E-state index contributed by atoms with van der Waals surface area (Å²) in [6.07, 6.45) is 3.16. The van der Waals surface area contributed by atoms with E-state index in [1.54, 1.807) is 42.5 Å². The normalized spacial score (nSPS) is 10.4. The second-order valence-electron chi connectivity index (χ2n) is 4.36. The standard InChI is InChI=1S/C19H14O2S/c20-22(21,19-15-9-5-10-16-19)17-11-3-1-2-6-12-18-13-7-4-8-14-18/h1-2,4-5,7-10,13-16H,17H2/b2-1-. The van der Waals surface area contributed by atoms with Crippen molar-refractivity contribution in [1.82, 2.24) is 0 Å². The van der Waals surface area contributed by atoms with Crippen LogP contribution in [0.5, 0.6) is 0 Å². The second kappa shape index (κ2) is 7.88. The number of benzene rings is 2. The van der Waals surface area contributed by atoms with E-state index in [4.69, 9.17) is 0 Å². The zero-order valence-electron chi connectivity index (χ0n) is 11.9. The van der Waals surface area contributed by atoms with Crippen LogP contribution in [0.4, 0.5) is 0 Å². The van der Waals surface area contributed by atoms with Crippen LogP contribution in [-0.2, 0) is 9.84 Å². The first kappa shape index (κ1) is 15.6. The molecule has 0 atom stereocenters. The van der Waals surface area contributed by atoms with Crippen molar-refractivity contribution in [2.24, 2.45) is 0 Å². The molecule has 0 spiro atoms. The van der Waals surface area contributed by atoms with Crippen LogP contribution >= 0.6 is 0 Å². The van der Waals surface area contributed by atoms with Gasteiger partial charge in [-0.1, -0.05) is 60.1 Å². The highest BCUT2D eigenvalue weighted by molar-refractivity contribution is 7.91. The lowest BCUT2D eigenvalue weighted by atomic mass is 10.2. The van der Waals surface area contributed by atoms with Gasteiger partial charge in [0.05, 0.1) is 4.90 Å². The molecule has 0 aromatic heterocycles. The molecule has 0 aliphatic heterocycles. The quantitative estimate of drug-likeness (QED) is 0.799. The van der Waals surface area contributed by atoms with Gasteiger partial charge in [-0.15, -0.1) is 0 Å². The Morgan fingerprint density at radius 1 is 0.818 bits per heavy atom. The third-order valence-electron chi connectivity index (χ3n) is 2.71. The molecule has 2 rings (SSSR count). The fraction of sp³-hybridized carbons (Fsp3) is 0.0526. The largest absolute Gasteiger partial charge is 0.223 e. The van der Waals surface area contributed by atoms with Gasteiger partial charge in [0.25, 0.3) is 0 Å². The zero-order chi connectivity index (χ0) is 15.7. The molecule has 2 nitrogen and oxygen atoms in total. The Hall–Kier alpha value is -2.75. The van der Waals surface area contributed by atoms with Crippen molar-refractivity contribution in [2.75, 3.05) is 5.75 Å². The van der Waals surface area contributed by atoms with E-state index >= 15 is 0 Å². The smallest absolute Gasteiger partial charge is 0.189 e. The van der Waals surface area contributed by atoms with Gasteiger partial charge in [-0.25, -0.2) is 8.42 Å². The lowest BCUT2D eigenvalue weighted by molar-refractivity contribution is 0.599. The summed E-state index contributed by atoms with van der Waals surface area (Å²) in [5, 5.41) is 0.